The summed E-state index contributed by atoms with van der Waals surface area (Å²) in [4.78, 5) is 2.24. The first-order chi connectivity index (χ1) is 11.1. The maximum atomic E-state index is 6.29. The Hall–Kier alpha value is -2.59. The Morgan fingerprint density at radius 3 is 2.39 bits per heavy atom. The van der Waals surface area contributed by atoms with E-state index in [0.717, 1.165) is 24.3 Å². The molecule has 0 spiro atoms. The highest BCUT2D eigenvalue weighted by molar-refractivity contribution is 5.47. The van der Waals surface area contributed by atoms with E-state index >= 15 is 0 Å². The highest BCUT2D eigenvalue weighted by atomic mass is 15.3. The molecule has 3 aromatic rings. The minimum atomic E-state index is 0.703. The van der Waals surface area contributed by atoms with Crippen molar-refractivity contribution < 1.29 is 0 Å². The summed E-state index contributed by atoms with van der Waals surface area (Å²) in [5.41, 5.74) is 10.8. The van der Waals surface area contributed by atoms with Gasteiger partial charge in [0.25, 0.3) is 0 Å². The van der Waals surface area contributed by atoms with Crippen molar-refractivity contribution in [2.75, 3.05) is 12.8 Å². The predicted molar refractivity (Wildman–Crippen MR) is 94.3 cm³/mol. The smallest absolute Gasteiger partial charge is 0.131 e. The Morgan fingerprint density at radius 1 is 1.00 bits per heavy atom. The fraction of sp³-hybridized carbons (Fsp3) is 0.211. The van der Waals surface area contributed by atoms with E-state index in [1.54, 1.807) is 4.68 Å². The number of nitrogens with two attached hydrogens (primary N) is 1. The van der Waals surface area contributed by atoms with Crippen LogP contribution in [0.1, 0.15) is 16.7 Å². The molecule has 2 N–H and O–H groups in total. The first kappa shape index (κ1) is 15.3. The molecule has 0 fully saturated rings. The van der Waals surface area contributed by atoms with Gasteiger partial charge in [-0.1, -0.05) is 48.0 Å². The summed E-state index contributed by atoms with van der Waals surface area (Å²) in [5.74, 6) is 0.703. The number of nitrogen functional groups attached to an aromatic ring is 1. The number of rotatable bonds is 5. The molecule has 0 saturated heterocycles. The average molecular weight is 306 g/mol. The molecule has 0 bridgehead atoms. The highest BCUT2D eigenvalue weighted by Gasteiger charge is 2.11. The van der Waals surface area contributed by atoms with Gasteiger partial charge in [-0.25, -0.2) is 4.68 Å². The average Bonchev–Trinajstić information content (AvgIpc) is 2.90. The first-order valence-electron chi connectivity index (χ1n) is 7.75. The molecule has 0 aliphatic rings. The van der Waals surface area contributed by atoms with E-state index in [4.69, 9.17) is 5.73 Å². The maximum absolute atomic E-state index is 6.29. The lowest BCUT2D eigenvalue weighted by atomic mass is 10.2. The SMILES string of the molecule is Cc1ccc(-n2ncc(CN(C)Cc3ccccc3)c2N)cc1. The van der Waals surface area contributed by atoms with E-state index in [0.29, 0.717) is 5.82 Å². The number of nitrogens with zero attached hydrogens (tertiary/aromatic N) is 3. The molecule has 0 radical (unpaired) electrons. The standard InChI is InChI=1S/C19H22N4/c1-15-8-10-18(11-9-15)23-19(20)17(12-21-23)14-22(2)13-16-6-4-3-5-7-16/h3-12H,13-14,20H2,1-2H3. The van der Waals surface area contributed by atoms with E-state index in [1.807, 2.05) is 24.4 Å². The van der Waals surface area contributed by atoms with Crippen molar-refractivity contribution in [3.63, 3.8) is 0 Å². The molecule has 0 amide bonds. The molecule has 0 aliphatic carbocycles. The first-order valence-corrected chi connectivity index (χ1v) is 7.75. The molecule has 4 heteroatoms. The topological polar surface area (TPSA) is 47.1 Å². The van der Waals surface area contributed by atoms with Crippen LogP contribution in [-0.2, 0) is 13.1 Å². The van der Waals surface area contributed by atoms with Gasteiger partial charge in [-0.15, -0.1) is 0 Å². The summed E-state index contributed by atoms with van der Waals surface area (Å²) in [6.07, 6.45) is 1.86. The van der Waals surface area contributed by atoms with Crippen LogP contribution in [0, 0.1) is 6.92 Å². The maximum Gasteiger partial charge on any atom is 0.131 e. The van der Waals surface area contributed by atoms with Crippen molar-refractivity contribution in [1.82, 2.24) is 14.7 Å². The van der Waals surface area contributed by atoms with Crippen molar-refractivity contribution in [1.29, 1.82) is 0 Å². The van der Waals surface area contributed by atoms with Crippen LogP contribution in [0.4, 0.5) is 5.82 Å². The molecule has 2 aromatic carbocycles. The monoisotopic (exact) mass is 306 g/mol. The second-order valence-corrected chi connectivity index (χ2v) is 5.96. The Balaban J connectivity index is 1.73. The van der Waals surface area contributed by atoms with E-state index < -0.39 is 0 Å². The number of aromatic nitrogens is 2. The second kappa shape index (κ2) is 6.67. The summed E-state index contributed by atoms with van der Waals surface area (Å²) in [6, 6.07) is 18.6. The zero-order valence-electron chi connectivity index (χ0n) is 13.6. The molecule has 4 nitrogen and oxygen atoms in total. The van der Waals surface area contributed by atoms with E-state index in [-0.39, 0.29) is 0 Å². The number of hydrogen-bond donors (Lipinski definition) is 1. The van der Waals surface area contributed by atoms with Gasteiger partial charge in [0.15, 0.2) is 0 Å². The lowest BCUT2D eigenvalue weighted by Crippen LogP contribution is -2.17. The van der Waals surface area contributed by atoms with Gasteiger partial charge < -0.3 is 5.73 Å². The van der Waals surface area contributed by atoms with Gasteiger partial charge in [0.05, 0.1) is 11.9 Å². The minimum Gasteiger partial charge on any atom is -0.383 e. The third-order valence-corrected chi connectivity index (χ3v) is 3.90. The molecule has 0 atom stereocenters. The lowest BCUT2D eigenvalue weighted by Gasteiger charge is -2.16. The van der Waals surface area contributed by atoms with Gasteiger partial charge in [0.1, 0.15) is 5.82 Å². The largest absolute Gasteiger partial charge is 0.383 e. The molecule has 3 rings (SSSR count). The van der Waals surface area contributed by atoms with E-state index in [2.05, 4.69) is 60.4 Å². The normalized spacial score (nSPS) is 11.1. The third-order valence-electron chi connectivity index (χ3n) is 3.90. The van der Waals surface area contributed by atoms with E-state index in [9.17, 15) is 0 Å². The second-order valence-electron chi connectivity index (χ2n) is 5.96. The van der Waals surface area contributed by atoms with Gasteiger partial charge in [-0.3, -0.25) is 4.90 Å². The summed E-state index contributed by atoms with van der Waals surface area (Å²) in [6.45, 7) is 3.72. The molecule has 0 saturated carbocycles. The zero-order chi connectivity index (χ0) is 16.2. The summed E-state index contributed by atoms with van der Waals surface area (Å²) < 4.78 is 1.80. The van der Waals surface area contributed by atoms with Crippen molar-refractivity contribution >= 4 is 5.82 Å². The Labute approximate surface area is 137 Å². The van der Waals surface area contributed by atoms with Crippen molar-refractivity contribution in [2.45, 2.75) is 20.0 Å². The fourth-order valence-electron chi connectivity index (χ4n) is 2.65. The van der Waals surface area contributed by atoms with Gasteiger partial charge in [-0.2, -0.15) is 5.10 Å². The number of anilines is 1. The van der Waals surface area contributed by atoms with Crippen LogP contribution in [0.5, 0.6) is 0 Å². The molecule has 118 valence electrons. The molecule has 23 heavy (non-hydrogen) atoms. The van der Waals surface area contributed by atoms with Crippen LogP contribution in [0.2, 0.25) is 0 Å². The fourth-order valence-corrected chi connectivity index (χ4v) is 2.65. The molecule has 1 aromatic heterocycles. The quantitative estimate of drug-likeness (QED) is 0.786. The number of hydrogen-bond acceptors (Lipinski definition) is 3. The summed E-state index contributed by atoms with van der Waals surface area (Å²) in [7, 11) is 2.09. The van der Waals surface area contributed by atoms with Gasteiger partial charge in [0.2, 0.25) is 0 Å². The zero-order valence-corrected chi connectivity index (χ0v) is 13.6. The van der Waals surface area contributed by atoms with Crippen molar-refractivity contribution in [3.05, 3.63) is 77.5 Å². The van der Waals surface area contributed by atoms with Crippen LogP contribution in [-0.4, -0.2) is 21.7 Å². The van der Waals surface area contributed by atoms with Crippen LogP contribution >= 0.6 is 0 Å². The van der Waals surface area contributed by atoms with Gasteiger partial charge >= 0.3 is 0 Å². The minimum absolute atomic E-state index is 0.703. The molecule has 0 unspecified atom stereocenters. The number of aryl methyl sites for hydroxylation is 1. The molecule has 1 heterocycles. The van der Waals surface area contributed by atoms with Crippen LogP contribution in [0.15, 0.2) is 60.8 Å². The predicted octanol–water partition coefficient (Wildman–Crippen LogP) is 3.39. The summed E-state index contributed by atoms with van der Waals surface area (Å²) >= 11 is 0. The van der Waals surface area contributed by atoms with Gasteiger partial charge in [-0.05, 0) is 31.7 Å². The molecular formula is C19H22N4. The van der Waals surface area contributed by atoms with Gasteiger partial charge in [0, 0.05) is 18.7 Å². The Morgan fingerprint density at radius 2 is 1.70 bits per heavy atom. The van der Waals surface area contributed by atoms with Crippen molar-refractivity contribution in [3.8, 4) is 5.69 Å². The van der Waals surface area contributed by atoms with Crippen LogP contribution < -0.4 is 5.73 Å². The molecular weight excluding hydrogens is 284 g/mol. The number of benzene rings is 2. The van der Waals surface area contributed by atoms with E-state index in [1.165, 1.54) is 11.1 Å². The highest BCUT2D eigenvalue weighted by Crippen LogP contribution is 2.19. The Kier molecular flexibility index (Phi) is 4.44. The third kappa shape index (κ3) is 3.60. The lowest BCUT2D eigenvalue weighted by molar-refractivity contribution is 0.319. The summed E-state index contributed by atoms with van der Waals surface area (Å²) in [5, 5.41) is 4.44. The molecule has 0 aliphatic heterocycles. The van der Waals surface area contributed by atoms with Crippen molar-refractivity contribution in [2.24, 2.45) is 0 Å². The van der Waals surface area contributed by atoms with Crippen LogP contribution in [0.25, 0.3) is 5.69 Å². The van der Waals surface area contributed by atoms with Crippen LogP contribution in [0.3, 0.4) is 0 Å². The Bertz CT molecular complexity index is 760.